The van der Waals surface area contributed by atoms with Crippen molar-refractivity contribution in [1.29, 1.82) is 0 Å². The van der Waals surface area contributed by atoms with Gasteiger partial charge in [0.25, 0.3) is 5.91 Å². The smallest absolute Gasteiger partial charge is 0.323 e. The number of anilines is 1. The first-order chi connectivity index (χ1) is 15.8. The van der Waals surface area contributed by atoms with E-state index in [1.807, 2.05) is 0 Å². The molecule has 3 rings (SSSR count). The molecule has 0 radical (unpaired) electrons. The summed E-state index contributed by atoms with van der Waals surface area (Å²) < 4.78 is 26.8. The topological polar surface area (TPSA) is 175 Å². The highest BCUT2D eigenvalue weighted by molar-refractivity contribution is 7.89. The number of unbranched alkanes of at least 4 members (excludes halogenated alkanes) is 1. The van der Waals surface area contributed by atoms with Crippen LogP contribution in [0.3, 0.4) is 0 Å². The van der Waals surface area contributed by atoms with Gasteiger partial charge in [0.1, 0.15) is 17.9 Å². The molecule has 0 aliphatic carbocycles. The number of oxime groups is 1. The summed E-state index contributed by atoms with van der Waals surface area (Å²) >= 11 is 0. The van der Waals surface area contributed by atoms with Gasteiger partial charge in [-0.25, -0.2) is 13.4 Å². The molecule has 1 aromatic carbocycles. The summed E-state index contributed by atoms with van der Waals surface area (Å²) in [6, 6.07) is 5.84. The Morgan fingerprint density at radius 2 is 2.03 bits per heavy atom. The highest BCUT2D eigenvalue weighted by Crippen LogP contribution is 2.17. The molecular formula is C20H26N6O6S. The van der Waals surface area contributed by atoms with Gasteiger partial charge in [-0.05, 0) is 31.4 Å². The van der Waals surface area contributed by atoms with Crippen molar-refractivity contribution in [3.8, 4) is 0 Å². The lowest BCUT2D eigenvalue weighted by molar-refractivity contribution is -0.138. The van der Waals surface area contributed by atoms with E-state index in [1.165, 1.54) is 24.3 Å². The number of aromatic amines is 1. The molecule has 0 fully saturated rings. The zero-order valence-electron chi connectivity index (χ0n) is 17.7. The van der Waals surface area contributed by atoms with E-state index in [9.17, 15) is 23.1 Å². The molecule has 5 N–H and O–H groups in total. The predicted octanol–water partition coefficient (Wildman–Crippen LogP) is 0.685. The highest BCUT2D eigenvalue weighted by atomic mass is 32.2. The molecule has 1 aromatic heterocycles. The Bertz CT molecular complexity index is 1060. The average molecular weight is 479 g/mol. The monoisotopic (exact) mass is 478 g/mol. The Labute approximate surface area is 190 Å². The summed E-state index contributed by atoms with van der Waals surface area (Å²) in [5, 5.41) is 18.7. The minimum absolute atomic E-state index is 0.0710. The molecule has 1 amide bonds. The van der Waals surface area contributed by atoms with Crippen molar-refractivity contribution in [1.82, 2.24) is 20.0 Å². The molecule has 0 bridgehead atoms. The van der Waals surface area contributed by atoms with Gasteiger partial charge in [0.05, 0.1) is 4.90 Å². The lowest BCUT2D eigenvalue weighted by Crippen LogP contribution is -2.49. The summed E-state index contributed by atoms with van der Waals surface area (Å²) in [6.07, 6.45) is 5.89. The number of nitrogens with one attached hydrogen (secondary N) is 4. The molecule has 0 saturated heterocycles. The number of benzene rings is 1. The molecule has 2 heterocycles. The standard InChI is InChI=1S/C20H26N6O6S/c27-18(16-12-14(32-25-16)6-4-5-9-21-20-22-10-11-23-20)24-13-17(19(28)29)26-33(30,31)15-7-2-1-3-8-15/h1-3,7-8,10-11,14,17,26H,4-6,9,12-13H2,(H,24,27)(H,28,29)(H2,21,22,23)/t14?,17-/m0/s1. The second-order valence-electron chi connectivity index (χ2n) is 7.37. The Balaban J connectivity index is 1.39. The molecular weight excluding hydrogens is 452 g/mol. The number of carboxylic acid groups (broad SMARTS) is 1. The number of carbonyl (C=O) groups is 2. The molecule has 1 unspecified atom stereocenters. The van der Waals surface area contributed by atoms with Gasteiger partial charge in [0.15, 0.2) is 5.95 Å². The van der Waals surface area contributed by atoms with Gasteiger partial charge in [-0.3, -0.25) is 9.59 Å². The molecule has 2 atom stereocenters. The first-order valence-electron chi connectivity index (χ1n) is 10.4. The van der Waals surface area contributed by atoms with E-state index >= 15 is 0 Å². The summed E-state index contributed by atoms with van der Waals surface area (Å²) in [4.78, 5) is 36.1. The van der Waals surface area contributed by atoms with E-state index in [4.69, 9.17) is 4.84 Å². The summed E-state index contributed by atoms with van der Waals surface area (Å²) in [7, 11) is -4.06. The molecule has 1 aliphatic heterocycles. The van der Waals surface area contributed by atoms with Crippen LogP contribution in [-0.4, -0.2) is 66.3 Å². The van der Waals surface area contributed by atoms with Crippen molar-refractivity contribution >= 4 is 33.6 Å². The van der Waals surface area contributed by atoms with Crippen molar-refractivity contribution in [3.63, 3.8) is 0 Å². The Morgan fingerprint density at radius 3 is 2.73 bits per heavy atom. The Morgan fingerprint density at radius 1 is 1.24 bits per heavy atom. The maximum atomic E-state index is 12.4. The molecule has 0 saturated carbocycles. The number of H-pyrrole nitrogens is 1. The maximum Gasteiger partial charge on any atom is 0.323 e. The first kappa shape index (κ1) is 24.2. The number of carboxylic acids is 1. The summed E-state index contributed by atoms with van der Waals surface area (Å²) in [5.74, 6) is -1.30. The normalized spacial score (nSPS) is 16.5. The minimum atomic E-state index is -4.06. The molecule has 178 valence electrons. The number of rotatable bonds is 13. The number of sulfonamides is 1. The van der Waals surface area contributed by atoms with Crippen LogP contribution in [0, 0.1) is 0 Å². The lowest BCUT2D eigenvalue weighted by atomic mass is 10.1. The van der Waals surface area contributed by atoms with Gasteiger partial charge in [0.2, 0.25) is 10.0 Å². The summed E-state index contributed by atoms with van der Waals surface area (Å²) in [6.45, 7) is 0.298. The number of imidazole rings is 1. The SMILES string of the molecule is O=C(NC[C@H](NS(=O)(=O)c1ccccc1)C(=O)O)C1=NOC(CCCCNc2ncc[nH]2)C1. The lowest BCUT2D eigenvalue weighted by Gasteiger charge is -2.15. The highest BCUT2D eigenvalue weighted by Gasteiger charge is 2.29. The van der Waals surface area contributed by atoms with Crippen molar-refractivity contribution < 1.29 is 28.0 Å². The predicted molar refractivity (Wildman–Crippen MR) is 119 cm³/mol. The van der Waals surface area contributed by atoms with Crippen molar-refractivity contribution in [2.24, 2.45) is 5.16 Å². The zero-order chi connectivity index (χ0) is 23.7. The van der Waals surface area contributed by atoms with E-state index in [-0.39, 0.29) is 16.7 Å². The van der Waals surface area contributed by atoms with E-state index in [0.717, 1.165) is 19.4 Å². The average Bonchev–Trinajstić information content (AvgIpc) is 3.49. The van der Waals surface area contributed by atoms with Crippen LogP contribution >= 0.6 is 0 Å². The minimum Gasteiger partial charge on any atom is -0.480 e. The Kier molecular flexibility index (Phi) is 8.38. The van der Waals surface area contributed by atoms with Crippen LogP contribution in [0.5, 0.6) is 0 Å². The van der Waals surface area contributed by atoms with Crippen molar-refractivity contribution in [3.05, 3.63) is 42.7 Å². The van der Waals surface area contributed by atoms with E-state index in [2.05, 4.69) is 30.5 Å². The van der Waals surface area contributed by atoms with Crippen molar-refractivity contribution in [2.45, 2.75) is 42.7 Å². The van der Waals surface area contributed by atoms with Gasteiger partial charge in [0, 0.05) is 31.9 Å². The molecule has 2 aromatic rings. The third-order valence-corrected chi connectivity index (χ3v) is 6.34. The molecule has 0 spiro atoms. The van der Waals surface area contributed by atoms with Crippen molar-refractivity contribution in [2.75, 3.05) is 18.4 Å². The third kappa shape index (κ3) is 7.29. The van der Waals surface area contributed by atoms with Crippen LogP contribution in [0.15, 0.2) is 52.8 Å². The fraction of sp³-hybridized carbons (Fsp3) is 0.400. The fourth-order valence-electron chi connectivity index (χ4n) is 3.11. The fourth-order valence-corrected chi connectivity index (χ4v) is 4.32. The molecule has 13 heteroatoms. The van der Waals surface area contributed by atoms with Gasteiger partial charge >= 0.3 is 5.97 Å². The van der Waals surface area contributed by atoms with Crippen LogP contribution in [-0.2, 0) is 24.4 Å². The van der Waals surface area contributed by atoms with Gasteiger partial charge in [-0.2, -0.15) is 4.72 Å². The van der Waals surface area contributed by atoms with Crippen LogP contribution in [0.25, 0.3) is 0 Å². The number of aliphatic carboxylic acids is 1. The number of amides is 1. The Hall–Kier alpha value is -3.45. The number of nitrogens with zero attached hydrogens (tertiary/aromatic N) is 2. The quantitative estimate of drug-likeness (QED) is 0.261. The van der Waals surface area contributed by atoms with Crippen LogP contribution in [0.4, 0.5) is 5.95 Å². The van der Waals surface area contributed by atoms with Gasteiger partial charge < -0.3 is 25.6 Å². The number of hydrogen-bond donors (Lipinski definition) is 5. The summed E-state index contributed by atoms with van der Waals surface area (Å²) in [5.41, 5.74) is 0.142. The second-order valence-corrected chi connectivity index (χ2v) is 9.08. The second kappa shape index (κ2) is 11.4. The number of hydrogen-bond acceptors (Lipinski definition) is 8. The first-order valence-corrected chi connectivity index (χ1v) is 11.9. The zero-order valence-corrected chi connectivity index (χ0v) is 18.5. The van der Waals surface area contributed by atoms with E-state index in [0.29, 0.717) is 18.8 Å². The number of carbonyl (C=O) groups excluding carboxylic acids is 1. The van der Waals surface area contributed by atoms with Crippen LogP contribution < -0.4 is 15.4 Å². The van der Waals surface area contributed by atoms with Crippen LogP contribution in [0.1, 0.15) is 25.7 Å². The molecule has 33 heavy (non-hydrogen) atoms. The molecule has 1 aliphatic rings. The van der Waals surface area contributed by atoms with Gasteiger partial charge in [-0.1, -0.05) is 23.4 Å². The number of aromatic nitrogens is 2. The molecule has 12 nitrogen and oxygen atoms in total. The maximum absolute atomic E-state index is 12.4. The van der Waals surface area contributed by atoms with Gasteiger partial charge in [-0.15, -0.1) is 0 Å². The third-order valence-electron chi connectivity index (χ3n) is 4.85. The van der Waals surface area contributed by atoms with E-state index in [1.54, 1.807) is 18.5 Å². The van der Waals surface area contributed by atoms with Crippen LogP contribution in [0.2, 0.25) is 0 Å². The largest absolute Gasteiger partial charge is 0.480 e. The van der Waals surface area contributed by atoms with E-state index < -0.39 is 34.5 Å².